The molecular weight excluding hydrogens is 534 g/mol. The molecule has 0 saturated carbocycles. The van der Waals surface area contributed by atoms with Crippen LogP contribution in [0.15, 0.2) is 77.7 Å². The van der Waals surface area contributed by atoms with Crippen molar-refractivity contribution in [1.82, 2.24) is 10.2 Å². The van der Waals surface area contributed by atoms with Crippen LogP contribution in [0, 0.1) is 13.8 Å². The number of carbonyl (C=O) groups excluding carboxylic acids is 2. The van der Waals surface area contributed by atoms with Crippen molar-refractivity contribution in [1.29, 1.82) is 0 Å². The van der Waals surface area contributed by atoms with Gasteiger partial charge in [-0.3, -0.25) is 13.9 Å². The van der Waals surface area contributed by atoms with Crippen LogP contribution in [0.5, 0.6) is 0 Å². The number of anilines is 1. The quantitative estimate of drug-likeness (QED) is 0.369. The molecule has 1 N–H and O–H groups in total. The average molecular weight is 570 g/mol. The second-order valence-electron chi connectivity index (χ2n) is 10.7. The Morgan fingerprint density at radius 1 is 0.923 bits per heavy atom. The Bertz CT molecular complexity index is 1430. The third kappa shape index (κ3) is 8.07. The topological polar surface area (TPSA) is 86.8 Å². The molecule has 0 aliphatic carbocycles. The first-order valence-electron chi connectivity index (χ1n) is 12.7. The highest BCUT2D eigenvalue weighted by Crippen LogP contribution is 2.26. The normalized spacial score (nSPS) is 12.5. The van der Waals surface area contributed by atoms with Gasteiger partial charge in [-0.1, -0.05) is 53.6 Å². The molecule has 0 saturated heterocycles. The summed E-state index contributed by atoms with van der Waals surface area (Å²) >= 11 is 6.18. The van der Waals surface area contributed by atoms with Gasteiger partial charge in [0.2, 0.25) is 11.8 Å². The molecule has 0 aliphatic heterocycles. The molecule has 1 atom stereocenters. The lowest BCUT2D eigenvalue weighted by molar-refractivity contribution is -0.140. The van der Waals surface area contributed by atoms with Gasteiger partial charge in [-0.15, -0.1) is 0 Å². The number of hydrogen-bond donors (Lipinski definition) is 1. The van der Waals surface area contributed by atoms with E-state index in [9.17, 15) is 18.0 Å². The van der Waals surface area contributed by atoms with Crippen molar-refractivity contribution in [2.75, 3.05) is 10.8 Å². The van der Waals surface area contributed by atoms with E-state index in [1.54, 1.807) is 55.5 Å². The summed E-state index contributed by atoms with van der Waals surface area (Å²) in [5.41, 5.74) is 2.32. The Balaban J connectivity index is 2.04. The Labute approximate surface area is 236 Å². The van der Waals surface area contributed by atoms with E-state index in [-0.39, 0.29) is 17.3 Å². The first kappa shape index (κ1) is 30.2. The number of nitrogens with zero attached hydrogens (tertiary/aromatic N) is 2. The smallest absolute Gasteiger partial charge is 0.264 e. The molecule has 39 heavy (non-hydrogen) atoms. The number of carbonyl (C=O) groups is 2. The predicted octanol–water partition coefficient (Wildman–Crippen LogP) is 5.48. The molecule has 0 fully saturated rings. The fourth-order valence-corrected chi connectivity index (χ4v) is 5.66. The molecule has 2 amide bonds. The Morgan fingerprint density at radius 2 is 1.56 bits per heavy atom. The van der Waals surface area contributed by atoms with E-state index in [1.165, 1.54) is 17.0 Å². The van der Waals surface area contributed by atoms with E-state index >= 15 is 0 Å². The minimum absolute atomic E-state index is 0.0716. The second-order valence-corrected chi connectivity index (χ2v) is 13.0. The lowest BCUT2D eigenvalue weighted by Crippen LogP contribution is -2.54. The van der Waals surface area contributed by atoms with Gasteiger partial charge in [0.25, 0.3) is 10.0 Å². The van der Waals surface area contributed by atoms with E-state index in [1.807, 2.05) is 46.8 Å². The van der Waals surface area contributed by atoms with Crippen LogP contribution in [-0.2, 0) is 26.2 Å². The SMILES string of the molecule is Cc1ccc(S(=O)(=O)N(CC(=O)N(Cc2cccc(Cl)c2)[C@H](C)C(=O)NC(C)(C)C)c2cccc(C)c2)cc1. The molecule has 0 aromatic heterocycles. The molecule has 3 aromatic rings. The maximum absolute atomic E-state index is 14.0. The number of halogens is 1. The van der Waals surface area contributed by atoms with Crippen LogP contribution in [0.1, 0.15) is 44.4 Å². The molecule has 7 nitrogen and oxygen atoms in total. The fraction of sp³-hybridized carbons (Fsp3) is 0.333. The zero-order valence-corrected chi connectivity index (χ0v) is 24.8. The first-order chi connectivity index (χ1) is 18.2. The van der Waals surface area contributed by atoms with Crippen molar-refractivity contribution in [3.8, 4) is 0 Å². The van der Waals surface area contributed by atoms with Gasteiger partial charge in [0.1, 0.15) is 12.6 Å². The summed E-state index contributed by atoms with van der Waals surface area (Å²) in [6.45, 7) is 10.5. The maximum Gasteiger partial charge on any atom is 0.264 e. The number of hydrogen-bond acceptors (Lipinski definition) is 4. The average Bonchev–Trinajstić information content (AvgIpc) is 2.84. The molecule has 0 bridgehead atoms. The number of rotatable bonds is 9. The fourth-order valence-electron chi connectivity index (χ4n) is 4.04. The van der Waals surface area contributed by atoms with Crippen LogP contribution in [0.3, 0.4) is 0 Å². The molecule has 9 heteroatoms. The summed E-state index contributed by atoms with van der Waals surface area (Å²) in [6.07, 6.45) is 0. The lowest BCUT2D eigenvalue weighted by atomic mass is 10.1. The molecule has 208 valence electrons. The molecular formula is C30H36ClN3O4S. The van der Waals surface area contributed by atoms with Gasteiger partial charge in [0.05, 0.1) is 10.6 Å². The number of amides is 2. The van der Waals surface area contributed by atoms with Crippen molar-refractivity contribution in [3.63, 3.8) is 0 Å². The number of benzene rings is 3. The molecule has 0 radical (unpaired) electrons. The van der Waals surface area contributed by atoms with Gasteiger partial charge in [-0.2, -0.15) is 0 Å². The van der Waals surface area contributed by atoms with Crippen molar-refractivity contribution in [3.05, 3.63) is 94.5 Å². The largest absolute Gasteiger partial charge is 0.350 e. The van der Waals surface area contributed by atoms with E-state index in [4.69, 9.17) is 11.6 Å². The second kappa shape index (κ2) is 12.2. The predicted molar refractivity (Wildman–Crippen MR) is 156 cm³/mol. The van der Waals surface area contributed by atoms with Crippen molar-refractivity contribution in [2.45, 2.75) is 64.6 Å². The van der Waals surface area contributed by atoms with Gasteiger partial charge in [-0.25, -0.2) is 8.42 Å². The zero-order chi connectivity index (χ0) is 29.0. The van der Waals surface area contributed by atoms with E-state index in [2.05, 4.69) is 5.32 Å². The Kier molecular flexibility index (Phi) is 9.46. The molecule has 0 spiro atoms. The van der Waals surface area contributed by atoms with Crippen LogP contribution in [0.2, 0.25) is 5.02 Å². The van der Waals surface area contributed by atoms with Gasteiger partial charge < -0.3 is 10.2 Å². The molecule has 0 heterocycles. The minimum atomic E-state index is -4.11. The van der Waals surface area contributed by atoms with E-state index < -0.39 is 34.1 Å². The number of sulfonamides is 1. The summed E-state index contributed by atoms with van der Waals surface area (Å²) in [5, 5.41) is 3.41. The highest BCUT2D eigenvalue weighted by molar-refractivity contribution is 7.92. The summed E-state index contributed by atoms with van der Waals surface area (Å²) in [5.74, 6) is -0.870. The number of nitrogens with one attached hydrogen (secondary N) is 1. The maximum atomic E-state index is 14.0. The first-order valence-corrected chi connectivity index (χ1v) is 14.5. The van der Waals surface area contributed by atoms with Crippen molar-refractivity contribution < 1.29 is 18.0 Å². The third-order valence-electron chi connectivity index (χ3n) is 6.08. The minimum Gasteiger partial charge on any atom is -0.350 e. The lowest BCUT2D eigenvalue weighted by Gasteiger charge is -2.33. The van der Waals surface area contributed by atoms with Gasteiger partial charge in [0, 0.05) is 17.1 Å². The molecule has 3 rings (SSSR count). The van der Waals surface area contributed by atoms with Crippen LogP contribution in [-0.4, -0.2) is 43.3 Å². The third-order valence-corrected chi connectivity index (χ3v) is 8.11. The summed E-state index contributed by atoms with van der Waals surface area (Å²) in [4.78, 5) is 28.6. The van der Waals surface area contributed by atoms with Crippen molar-refractivity contribution in [2.24, 2.45) is 0 Å². The Morgan fingerprint density at radius 3 is 2.15 bits per heavy atom. The van der Waals surface area contributed by atoms with Crippen LogP contribution in [0.4, 0.5) is 5.69 Å². The summed E-state index contributed by atoms with van der Waals surface area (Å²) in [7, 11) is -4.11. The summed E-state index contributed by atoms with van der Waals surface area (Å²) < 4.78 is 28.8. The van der Waals surface area contributed by atoms with Gasteiger partial charge in [-0.05, 0) is 89.1 Å². The Hall–Kier alpha value is -3.36. The van der Waals surface area contributed by atoms with E-state index in [0.29, 0.717) is 10.7 Å². The standard InChI is InChI=1S/C30H36ClN3O4S/c1-21-13-15-27(16-14-21)39(37,38)34(26-12-7-9-22(2)17-26)20-28(35)33(19-24-10-8-11-25(31)18-24)23(3)29(36)32-30(4,5)6/h7-18,23H,19-20H2,1-6H3,(H,32,36)/t23-/m1/s1. The highest BCUT2D eigenvalue weighted by Gasteiger charge is 2.33. The summed E-state index contributed by atoms with van der Waals surface area (Å²) in [6, 6.07) is 19.6. The molecule has 3 aromatic carbocycles. The monoisotopic (exact) mass is 569 g/mol. The zero-order valence-electron chi connectivity index (χ0n) is 23.2. The van der Waals surface area contributed by atoms with Gasteiger partial charge in [0.15, 0.2) is 0 Å². The molecule has 0 aliphatic rings. The van der Waals surface area contributed by atoms with Crippen LogP contribution < -0.4 is 9.62 Å². The number of aryl methyl sites for hydroxylation is 2. The van der Waals surface area contributed by atoms with Crippen LogP contribution >= 0.6 is 11.6 Å². The van der Waals surface area contributed by atoms with E-state index in [0.717, 1.165) is 21.0 Å². The molecule has 0 unspecified atom stereocenters. The van der Waals surface area contributed by atoms with Gasteiger partial charge >= 0.3 is 0 Å². The van der Waals surface area contributed by atoms with Crippen LogP contribution in [0.25, 0.3) is 0 Å². The van der Waals surface area contributed by atoms with Crippen molar-refractivity contribution >= 4 is 39.1 Å². The highest BCUT2D eigenvalue weighted by atomic mass is 35.5.